The third kappa shape index (κ3) is 3.71. The smallest absolute Gasteiger partial charge is 0.321 e. The van der Waals surface area contributed by atoms with Crippen LogP contribution in [0.2, 0.25) is 0 Å². The van der Waals surface area contributed by atoms with Gasteiger partial charge in [-0.3, -0.25) is 4.79 Å². The lowest BCUT2D eigenvalue weighted by atomic mass is 10.3. The van der Waals surface area contributed by atoms with E-state index in [2.05, 4.69) is 15.3 Å². The molecule has 5 nitrogen and oxygen atoms in total. The van der Waals surface area contributed by atoms with Gasteiger partial charge in [-0.15, -0.1) is 0 Å². The van der Waals surface area contributed by atoms with Gasteiger partial charge in [-0.2, -0.15) is 0 Å². The molecule has 1 aromatic heterocycles. The van der Waals surface area contributed by atoms with Crippen LogP contribution in [0.15, 0.2) is 29.4 Å². The molecule has 1 unspecified atom stereocenters. The number of H-pyrrole nitrogens is 1. The van der Waals surface area contributed by atoms with E-state index in [0.29, 0.717) is 12.3 Å². The molecule has 1 atom stereocenters. The van der Waals surface area contributed by atoms with Crippen LogP contribution in [-0.4, -0.2) is 39.4 Å². The van der Waals surface area contributed by atoms with Crippen LogP contribution in [0.1, 0.15) is 13.3 Å². The number of aromatic nitrogens is 2. The molecule has 0 saturated carbocycles. The summed E-state index contributed by atoms with van der Waals surface area (Å²) >= 11 is 1.42. The number of imidazole rings is 1. The molecule has 2 aromatic rings. The van der Waals surface area contributed by atoms with Crippen LogP contribution in [-0.2, 0) is 4.79 Å². The van der Waals surface area contributed by atoms with Crippen LogP contribution in [0, 0.1) is 0 Å². The molecule has 6 heteroatoms. The summed E-state index contributed by atoms with van der Waals surface area (Å²) in [6, 6.07) is 7.22. The molecule has 0 radical (unpaired) electrons. The molecule has 1 heterocycles. The second-order valence-electron chi connectivity index (χ2n) is 4.22. The van der Waals surface area contributed by atoms with Crippen molar-refractivity contribution in [3.8, 4) is 0 Å². The van der Waals surface area contributed by atoms with Gasteiger partial charge in [0.05, 0.1) is 11.0 Å². The van der Waals surface area contributed by atoms with Crippen LogP contribution in [0.4, 0.5) is 0 Å². The number of nitrogens with one attached hydrogen (secondary N) is 2. The molecule has 19 heavy (non-hydrogen) atoms. The van der Waals surface area contributed by atoms with Gasteiger partial charge < -0.3 is 15.4 Å². The summed E-state index contributed by atoms with van der Waals surface area (Å²) in [6.07, 6.45) is 0.916. The Hall–Kier alpha value is -1.53. The van der Waals surface area contributed by atoms with E-state index in [1.807, 2.05) is 31.2 Å². The van der Waals surface area contributed by atoms with Gasteiger partial charge in [0.2, 0.25) is 0 Å². The number of carbonyl (C=O) groups is 1. The molecule has 102 valence electrons. The van der Waals surface area contributed by atoms with Crippen LogP contribution < -0.4 is 5.32 Å². The minimum atomic E-state index is -0.822. The highest BCUT2D eigenvalue weighted by Gasteiger charge is 2.17. The summed E-state index contributed by atoms with van der Waals surface area (Å²) in [4.78, 5) is 18.7. The zero-order valence-electron chi connectivity index (χ0n) is 10.7. The van der Waals surface area contributed by atoms with Crippen molar-refractivity contribution in [2.75, 3.05) is 12.3 Å². The highest BCUT2D eigenvalue weighted by Crippen LogP contribution is 2.19. The molecule has 0 bridgehead atoms. The number of aromatic amines is 1. The van der Waals surface area contributed by atoms with Crippen molar-refractivity contribution < 1.29 is 9.90 Å². The minimum Gasteiger partial charge on any atom is -0.480 e. The van der Waals surface area contributed by atoms with Crippen LogP contribution in [0.3, 0.4) is 0 Å². The number of aliphatic carboxylic acids is 1. The highest BCUT2D eigenvalue weighted by molar-refractivity contribution is 7.99. The lowest BCUT2D eigenvalue weighted by Gasteiger charge is -2.12. The van der Waals surface area contributed by atoms with Gasteiger partial charge >= 0.3 is 5.97 Å². The summed E-state index contributed by atoms with van der Waals surface area (Å²) < 4.78 is 0. The molecule has 3 N–H and O–H groups in total. The van der Waals surface area contributed by atoms with Crippen molar-refractivity contribution in [2.24, 2.45) is 0 Å². The Labute approximate surface area is 115 Å². The Morgan fingerprint density at radius 2 is 2.32 bits per heavy atom. The molecule has 0 amide bonds. The summed E-state index contributed by atoms with van der Waals surface area (Å²) in [6.45, 7) is 2.72. The van der Waals surface area contributed by atoms with Crippen LogP contribution >= 0.6 is 11.8 Å². The number of thioether (sulfide) groups is 1. The fraction of sp³-hybridized carbons (Fsp3) is 0.385. The van der Waals surface area contributed by atoms with E-state index in [1.54, 1.807) is 0 Å². The predicted octanol–water partition coefficient (Wildman–Crippen LogP) is 2.11. The maximum atomic E-state index is 11.1. The molecule has 0 fully saturated rings. The largest absolute Gasteiger partial charge is 0.480 e. The quantitative estimate of drug-likeness (QED) is 0.677. The van der Waals surface area contributed by atoms with E-state index in [4.69, 9.17) is 5.11 Å². The number of carboxylic acid groups (broad SMARTS) is 1. The summed E-state index contributed by atoms with van der Waals surface area (Å²) in [7, 11) is 0. The van der Waals surface area contributed by atoms with Gasteiger partial charge in [-0.25, -0.2) is 4.98 Å². The lowest BCUT2D eigenvalue weighted by molar-refractivity contribution is -0.138. The normalized spacial score (nSPS) is 12.7. The van der Waals surface area contributed by atoms with E-state index in [0.717, 1.165) is 22.6 Å². The van der Waals surface area contributed by atoms with Crippen molar-refractivity contribution >= 4 is 28.8 Å². The number of hydrogen-bond donors (Lipinski definition) is 3. The fourth-order valence-corrected chi connectivity index (χ4v) is 2.63. The van der Waals surface area contributed by atoms with E-state index in [1.165, 1.54) is 11.8 Å². The maximum Gasteiger partial charge on any atom is 0.321 e. The van der Waals surface area contributed by atoms with Crippen molar-refractivity contribution in [2.45, 2.75) is 24.5 Å². The Morgan fingerprint density at radius 3 is 3.00 bits per heavy atom. The van der Waals surface area contributed by atoms with Gasteiger partial charge in [0.25, 0.3) is 0 Å². The number of nitrogens with zero attached hydrogens (tertiary/aromatic N) is 1. The fourth-order valence-electron chi connectivity index (χ4n) is 1.70. The molecule has 1 aromatic carbocycles. The highest BCUT2D eigenvalue weighted by atomic mass is 32.2. The Bertz CT molecular complexity index is 523. The van der Waals surface area contributed by atoms with Gasteiger partial charge in [0.15, 0.2) is 5.16 Å². The van der Waals surface area contributed by atoms with Gasteiger partial charge in [-0.05, 0) is 25.1 Å². The Kier molecular flexibility index (Phi) is 4.81. The third-order valence-corrected chi connectivity index (χ3v) is 3.66. The van der Waals surface area contributed by atoms with Crippen LogP contribution in [0.25, 0.3) is 11.0 Å². The zero-order valence-corrected chi connectivity index (χ0v) is 11.5. The SMILES string of the molecule is CCCNC(CSc1nc2ccccc2[nH]1)C(=O)O. The average molecular weight is 279 g/mol. The Morgan fingerprint density at radius 1 is 1.53 bits per heavy atom. The molecule has 0 aliphatic heterocycles. The molecule has 0 spiro atoms. The topological polar surface area (TPSA) is 78.0 Å². The van der Waals surface area contributed by atoms with Gasteiger partial charge in [-0.1, -0.05) is 30.8 Å². The molecular formula is C13H17N3O2S. The number of carboxylic acids is 1. The van der Waals surface area contributed by atoms with Crippen molar-refractivity contribution in [1.29, 1.82) is 0 Å². The first-order valence-corrected chi connectivity index (χ1v) is 7.23. The van der Waals surface area contributed by atoms with E-state index in [-0.39, 0.29) is 0 Å². The number of rotatable bonds is 7. The standard InChI is InChI=1S/C13H17N3O2S/c1-2-7-14-11(12(17)18)8-19-13-15-9-5-3-4-6-10(9)16-13/h3-6,11,14H,2,7-8H2,1H3,(H,15,16)(H,17,18). The first kappa shape index (κ1) is 13.9. The molecule has 0 aliphatic carbocycles. The third-order valence-electron chi connectivity index (χ3n) is 2.69. The summed E-state index contributed by atoms with van der Waals surface area (Å²) in [5.74, 6) is -0.369. The molecule has 0 aliphatic rings. The van der Waals surface area contributed by atoms with Crippen molar-refractivity contribution in [1.82, 2.24) is 15.3 Å². The number of hydrogen-bond acceptors (Lipinski definition) is 4. The maximum absolute atomic E-state index is 11.1. The lowest BCUT2D eigenvalue weighted by Crippen LogP contribution is -2.39. The number of benzene rings is 1. The molecule has 0 saturated heterocycles. The molecular weight excluding hydrogens is 262 g/mol. The zero-order chi connectivity index (χ0) is 13.7. The van der Waals surface area contributed by atoms with Crippen LogP contribution in [0.5, 0.6) is 0 Å². The number of para-hydroxylation sites is 2. The van der Waals surface area contributed by atoms with E-state index in [9.17, 15) is 4.79 Å². The van der Waals surface area contributed by atoms with Crippen molar-refractivity contribution in [3.63, 3.8) is 0 Å². The molecule has 2 rings (SSSR count). The summed E-state index contributed by atoms with van der Waals surface area (Å²) in [5.41, 5.74) is 1.87. The first-order valence-electron chi connectivity index (χ1n) is 6.24. The number of fused-ring (bicyclic) bond motifs is 1. The second-order valence-corrected chi connectivity index (χ2v) is 5.22. The van der Waals surface area contributed by atoms with E-state index >= 15 is 0 Å². The average Bonchev–Trinajstić information content (AvgIpc) is 2.81. The minimum absolute atomic E-state index is 0.454. The Balaban J connectivity index is 1.97. The van der Waals surface area contributed by atoms with E-state index < -0.39 is 12.0 Å². The second kappa shape index (κ2) is 6.58. The van der Waals surface area contributed by atoms with Gasteiger partial charge in [0.1, 0.15) is 6.04 Å². The first-order chi connectivity index (χ1) is 9.20. The van der Waals surface area contributed by atoms with Crippen molar-refractivity contribution in [3.05, 3.63) is 24.3 Å². The summed E-state index contributed by atoms with van der Waals surface area (Å²) in [5, 5.41) is 12.9. The monoisotopic (exact) mass is 279 g/mol. The van der Waals surface area contributed by atoms with Gasteiger partial charge in [0, 0.05) is 5.75 Å². The predicted molar refractivity (Wildman–Crippen MR) is 76.5 cm³/mol.